The average Bonchev–Trinajstić information content (AvgIpc) is 3.19. The lowest BCUT2D eigenvalue weighted by molar-refractivity contribution is -0.140. The third kappa shape index (κ3) is 4.73. The third-order valence-corrected chi connectivity index (χ3v) is 5.33. The summed E-state index contributed by atoms with van der Waals surface area (Å²) < 4.78 is 1.41. The van der Waals surface area contributed by atoms with Crippen LogP contribution in [-0.4, -0.2) is 42.3 Å². The van der Waals surface area contributed by atoms with Crippen molar-refractivity contribution >= 4 is 46.0 Å². The van der Waals surface area contributed by atoms with Crippen LogP contribution in [0.1, 0.15) is 34.5 Å². The molecule has 3 heterocycles. The molecule has 1 aromatic carbocycles. The van der Waals surface area contributed by atoms with Crippen LogP contribution >= 0.6 is 11.6 Å². The smallest absolute Gasteiger partial charge is 0.326 e. The lowest BCUT2D eigenvalue weighted by Gasteiger charge is -2.08. The van der Waals surface area contributed by atoms with Crippen molar-refractivity contribution in [3.63, 3.8) is 0 Å². The van der Waals surface area contributed by atoms with Crippen molar-refractivity contribution in [1.29, 1.82) is 0 Å². The number of fused-ring (bicyclic) bond motifs is 1. The number of nitrogens with one attached hydrogen (secondary N) is 1. The zero-order valence-electron chi connectivity index (χ0n) is 17.4. The summed E-state index contributed by atoms with van der Waals surface area (Å²) in [6.07, 6.45) is 7.16. The number of hydrogen-bond donors (Lipinski definition) is 2. The molecule has 2 N–H and O–H groups in total. The highest BCUT2D eigenvalue weighted by Crippen LogP contribution is 2.25. The molecule has 0 radical (unpaired) electrons. The van der Waals surface area contributed by atoms with E-state index in [1.807, 2.05) is 0 Å². The Kier molecular flexibility index (Phi) is 6.14. The Hall–Kier alpha value is -4.11. The summed E-state index contributed by atoms with van der Waals surface area (Å²) in [6, 6.07) is 7.52. The molecule has 0 saturated heterocycles. The molecule has 10 heteroatoms. The van der Waals surface area contributed by atoms with Crippen molar-refractivity contribution in [2.24, 2.45) is 0 Å². The minimum atomic E-state index is -1.06. The van der Waals surface area contributed by atoms with Gasteiger partial charge in [0.2, 0.25) is 5.91 Å². The number of amides is 1. The van der Waals surface area contributed by atoms with Gasteiger partial charge in [0.1, 0.15) is 18.0 Å². The molecule has 0 aliphatic carbocycles. The number of benzene rings is 1. The van der Waals surface area contributed by atoms with E-state index in [1.54, 1.807) is 24.3 Å². The van der Waals surface area contributed by atoms with Crippen molar-refractivity contribution < 1.29 is 19.5 Å². The van der Waals surface area contributed by atoms with Gasteiger partial charge in [0, 0.05) is 34.6 Å². The van der Waals surface area contributed by atoms with Crippen LogP contribution in [0.4, 0.5) is 5.69 Å². The van der Waals surface area contributed by atoms with Crippen LogP contribution in [0.3, 0.4) is 0 Å². The van der Waals surface area contributed by atoms with E-state index in [4.69, 9.17) is 11.6 Å². The maximum Gasteiger partial charge on any atom is 0.326 e. The van der Waals surface area contributed by atoms with Crippen molar-refractivity contribution in [2.75, 3.05) is 5.32 Å². The van der Waals surface area contributed by atoms with E-state index in [9.17, 15) is 19.5 Å². The highest BCUT2D eigenvalue weighted by Gasteiger charge is 2.23. The molecule has 0 fully saturated rings. The van der Waals surface area contributed by atoms with Gasteiger partial charge in [-0.2, -0.15) is 0 Å². The molecule has 1 amide bonds. The summed E-state index contributed by atoms with van der Waals surface area (Å²) in [5.41, 5.74) is 1.95. The van der Waals surface area contributed by atoms with Gasteiger partial charge >= 0.3 is 5.97 Å². The molecule has 33 heavy (non-hydrogen) atoms. The Labute approximate surface area is 193 Å². The van der Waals surface area contributed by atoms with E-state index < -0.39 is 17.8 Å². The summed E-state index contributed by atoms with van der Waals surface area (Å²) in [4.78, 5) is 49.3. The summed E-state index contributed by atoms with van der Waals surface area (Å²) in [7, 11) is 0. The first-order chi connectivity index (χ1) is 15.8. The summed E-state index contributed by atoms with van der Waals surface area (Å²) in [5.74, 6) is -1.73. The maximum atomic E-state index is 13.2. The Bertz CT molecular complexity index is 1370. The molecule has 0 aliphatic rings. The second kappa shape index (κ2) is 9.17. The summed E-state index contributed by atoms with van der Waals surface area (Å²) in [5, 5.41) is 13.1. The molecule has 0 saturated carbocycles. The Morgan fingerprint density at radius 3 is 2.61 bits per heavy atom. The van der Waals surface area contributed by atoms with E-state index in [0.717, 1.165) is 5.56 Å². The van der Waals surface area contributed by atoms with Crippen molar-refractivity contribution in [3.8, 4) is 0 Å². The van der Waals surface area contributed by atoms with Crippen molar-refractivity contribution in [2.45, 2.75) is 19.4 Å². The van der Waals surface area contributed by atoms with E-state index >= 15 is 0 Å². The van der Waals surface area contributed by atoms with Gasteiger partial charge in [0.25, 0.3) is 0 Å². The quantitative estimate of drug-likeness (QED) is 0.401. The first-order valence-electron chi connectivity index (χ1n) is 9.91. The zero-order valence-corrected chi connectivity index (χ0v) is 18.2. The third-order valence-electron chi connectivity index (χ3n) is 5.08. The highest BCUT2D eigenvalue weighted by molar-refractivity contribution is 6.30. The molecule has 4 aromatic rings. The largest absolute Gasteiger partial charge is 0.480 e. The SMILES string of the molecule is CC(C(=O)O)n1cc(C(=O)c2cncc(NC(=O)Cc3ccc(Cl)cc3)c2)c2cncnc21. The predicted molar refractivity (Wildman–Crippen MR) is 121 cm³/mol. The molecular weight excluding hydrogens is 446 g/mol. The molecule has 1 unspecified atom stereocenters. The number of carboxylic acid groups (broad SMARTS) is 1. The fraction of sp³-hybridized carbons (Fsp3) is 0.130. The number of carboxylic acids is 1. The van der Waals surface area contributed by atoms with Gasteiger partial charge in [-0.3, -0.25) is 14.6 Å². The predicted octanol–water partition coefficient (Wildman–Crippen LogP) is 3.54. The molecule has 3 aromatic heterocycles. The van der Waals surface area contributed by atoms with E-state index in [0.29, 0.717) is 21.7 Å². The molecular formula is C23H18ClN5O4. The number of carbonyl (C=O) groups is 3. The lowest BCUT2D eigenvalue weighted by atomic mass is 10.1. The van der Waals surface area contributed by atoms with Crippen LogP contribution in [0.25, 0.3) is 11.0 Å². The number of aromatic nitrogens is 4. The Balaban J connectivity index is 1.59. The topological polar surface area (TPSA) is 127 Å². The lowest BCUT2D eigenvalue weighted by Crippen LogP contribution is -2.15. The number of nitrogens with zero attached hydrogens (tertiary/aromatic N) is 4. The van der Waals surface area contributed by atoms with Crippen LogP contribution in [0.15, 0.2) is 61.4 Å². The number of carbonyl (C=O) groups excluding carboxylic acids is 2. The Morgan fingerprint density at radius 1 is 1.12 bits per heavy atom. The number of hydrogen-bond acceptors (Lipinski definition) is 6. The molecule has 0 aliphatic heterocycles. The standard InChI is InChI=1S/C23H18ClN5O4/c1-13(23(32)33)29-11-19(18-10-26-12-27-22(18)29)21(31)15-7-17(9-25-8-15)28-20(30)6-14-2-4-16(24)5-3-14/h2-5,7-13H,6H2,1H3,(H,28,30)(H,32,33). The van der Waals surface area contributed by atoms with Gasteiger partial charge < -0.3 is 15.0 Å². The number of aliphatic carboxylic acids is 1. The van der Waals surface area contributed by atoms with Crippen LogP contribution < -0.4 is 5.32 Å². The molecule has 1 atom stereocenters. The van der Waals surface area contributed by atoms with Gasteiger partial charge in [-0.25, -0.2) is 14.8 Å². The first-order valence-corrected chi connectivity index (χ1v) is 10.3. The number of ketones is 1. The summed E-state index contributed by atoms with van der Waals surface area (Å²) in [6.45, 7) is 1.50. The monoisotopic (exact) mass is 463 g/mol. The fourth-order valence-electron chi connectivity index (χ4n) is 3.36. The Morgan fingerprint density at radius 2 is 1.88 bits per heavy atom. The van der Waals surface area contributed by atoms with Crippen molar-refractivity contribution in [1.82, 2.24) is 19.5 Å². The van der Waals surface area contributed by atoms with E-state index in [1.165, 1.54) is 48.7 Å². The highest BCUT2D eigenvalue weighted by atomic mass is 35.5. The molecule has 0 bridgehead atoms. The van der Waals surface area contributed by atoms with Gasteiger partial charge in [-0.05, 0) is 30.7 Å². The van der Waals surface area contributed by atoms with E-state index in [-0.39, 0.29) is 23.5 Å². The van der Waals surface area contributed by atoms with E-state index in [2.05, 4.69) is 20.3 Å². The number of rotatable bonds is 7. The van der Waals surface area contributed by atoms with Crippen LogP contribution in [0, 0.1) is 0 Å². The molecule has 4 rings (SSSR count). The number of halogens is 1. The van der Waals surface area contributed by atoms with Crippen LogP contribution in [0.2, 0.25) is 5.02 Å². The average molecular weight is 464 g/mol. The second-order valence-corrected chi connectivity index (χ2v) is 7.80. The van der Waals surface area contributed by atoms with Crippen LogP contribution in [-0.2, 0) is 16.0 Å². The minimum Gasteiger partial charge on any atom is -0.480 e. The molecule has 166 valence electrons. The number of pyridine rings is 1. The maximum absolute atomic E-state index is 13.2. The zero-order chi connectivity index (χ0) is 23.5. The normalized spacial score (nSPS) is 11.8. The molecule has 9 nitrogen and oxygen atoms in total. The van der Waals surface area contributed by atoms with Crippen molar-refractivity contribution in [3.05, 3.63) is 83.2 Å². The van der Waals surface area contributed by atoms with Gasteiger partial charge in [0.05, 0.1) is 23.9 Å². The van der Waals surface area contributed by atoms with Gasteiger partial charge in [-0.15, -0.1) is 0 Å². The van der Waals surface area contributed by atoms with Gasteiger partial charge in [0.15, 0.2) is 5.78 Å². The second-order valence-electron chi connectivity index (χ2n) is 7.37. The van der Waals surface area contributed by atoms with Crippen LogP contribution in [0.5, 0.6) is 0 Å². The summed E-state index contributed by atoms with van der Waals surface area (Å²) >= 11 is 5.87. The molecule has 0 spiro atoms. The first kappa shape index (κ1) is 22.1. The number of anilines is 1. The van der Waals surface area contributed by atoms with Gasteiger partial charge in [-0.1, -0.05) is 23.7 Å². The minimum absolute atomic E-state index is 0.132. The fourth-order valence-corrected chi connectivity index (χ4v) is 3.49.